The van der Waals surface area contributed by atoms with Crippen LogP contribution in [0.3, 0.4) is 0 Å². The van der Waals surface area contributed by atoms with Gasteiger partial charge in [-0.25, -0.2) is 0 Å². The summed E-state index contributed by atoms with van der Waals surface area (Å²) >= 11 is 0. The molecule has 0 atom stereocenters. The van der Waals surface area contributed by atoms with Crippen molar-refractivity contribution in [1.82, 2.24) is 0 Å². The second kappa shape index (κ2) is 7.50. The molecule has 0 bridgehead atoms. The third kappa shape index (κ3) is 4.15. The third-order valence-corrected chi connectivity index (χ3v) is 4.00. The Bertz CT molecular complexity index is 860. The smallest absolute Gasteiger partial charge is 0.248 e. The summed E-state index contributed by atoms with van der Waals surface area (Å²) in [6.45, 7) is 0.771. The summed E-state index contributed by atoms with van der Waals surface area (Å²) in [7, 11) is 0. The Morgan fingerprint density at radius 1 is 1.20 bits per heavy atom. The van der Waals surface area contributed by atoms with Crippen LogP contribution in [0.1, 0.15) is 24.0 Å². The van der Waals surface area contributed by atoms with Crippen LogP contribution in [0.5, 0.6) is 0 Å². The lowest BCUT2D eigenvalue weighted by molar-refractivity contribution is -0.117. The molecule has 0 unspecified atom stereocenters. The highest BCUT2D eigenvalue weighted by atomic mass is 16.2. The number of rotatable bonds is 4. The van der Waals surface area contributed by atoms with E-state index in [1.165, 1.54) is 6.08 Å². The third-order valence-electron chi connectivity index (χ3n) is 4.00. The van der Waals surface area contributed by atoms with E-state index in [9.17, 15) is 9.59 Å². The van der Waals surface area contributed by atoms with Crippen molar-refractivity contribution < 1.29 is 9.59 Å². The van der Waals surface area contributed by atoms with Crippen molar-refractivity contribution in [2.24, 2.45) is 0 Å². The first-order valence-electron chi connectivity index (χ1n) is 8.12. The number of carbonyl (C=O) groups is 2. The summed E-state index contributed by atoms with van der Waals surface area (Å²) in [6, 6.07) is 14.7. The van der Waals surface area contributed by atoms with Crippen LogP contribution in [-0.2, 0) is 9.59 Å². The Labute approximate surface area is 147 Å². The van der Waals surface area contributed by atoms with E-state index in [0.29, 0.717) is 17.7 Å². The first-order chi connectivity index (χ1) is 12.2. The molecular weight excluding hydrogens is 312 g/mol. The lowest BCUT2D eigenvalue weighted by atomic mass is 10.1. The van der Waals surface area contributed by atoms with E-state index in [0.717, 1.165) is 24.2 Å². The van der Waals surface area contributed by atoms with Crippen molar-refractivity contribution in [3.63, 3.8) is 0 Å². The molecule has 4 heteroatoms. The molecule has 124 valence electrons. The zero-order chi connectivity index (χ0) is 17.6. The van der Waals surface area contributed by atoms with Crippen LogP contribution in [0.4, 0.5) is 11.4 Å². The first-order valence-corrected chi connectivity index (χ1v) is 8.12. The molecule has 1 N–H and O–H groups in total. The summed E-state index contributed by atoms with van der Waals surface area (Å²) in [4.78, 5) is 25.5. The van der Waals surface area contributed by atoms with Gasteiger partial charge in [-0.3, -0.25) is 9.59 Å². The number of hydrogen-bond acceptors (Lipinski definition) is 2. The molecule has 0 spiro atoms. The summed E-state index contributed by atoms with van der Waals surface area (Å²) in [5, 5.41) is 2.77. The fourth-order valence-electron chi connectivity index (χ4n) is 2.73. The molecule has 3 rings (SSSR count). The van der Waals surface area contributed by atoms with Crippen LogP contribution in [-0.4, -0.2) is 18.4 Å². The predicted octanol–water partition coefficient (Wildman–Crippen LogP) is 3.45. The van der Waals surface area contributed by atoms with Crippen molar-refractivity contribution in [1.29, 1.82) is 0 Å². The maximum absolute atomic E-state index is 12.0. The van der Waals surface area contributed by atoms with Crippen molar-refractivity contribution in [3.8, 4) is 12.3 Å². The van der Waals surface area contributed by atoms with Gasteiger partial charge >= 0.3 is 0 Å². The molecule has 4 nitrogen and oxygen atoms in total. The first kappa shape index (κ1) is 16.5. The van der Waals surface area contributed by atoms with Crippen LogP contribution in [0.25, 0.3) is 6.08 Å². The van der Waals surface area contributed by atoms with Crippen LogP contribution in [0, 0.1) is 12.3 Å². The normalized spacial score (nSPS) is 13.9. The molecule has 0 aromatic heterocycles. The molecule has 1 aliphatic rings. The van der Waals surface area contributed by atoms with Gasteiger partial charge in [0.25, 0.3) is 0 Å². The molecule has 1 fully saturated rings. The molecule has 2 aromatic carbocycles. The molecular formula is C21H18N2O2. The number of benzene rings is 2. The van der Waals surface area contributed by atoms with Gasteiger partial charge in [-0.2, -0.15) is 0 Å². The topological polar surface area (TPSA) is 49.4 Å². The van der Waals surface area contributed by atoms with Gasteiger partial charge < -0.3 is 10.2 Å². The lowest BCUT2D eigenvalue weighted by Crippen LogP contribution is -2.23. The standard InChI is InChI=1S/C21H18N2O2/c1-2-16-5-3-6-18(15-16)22-20(24)13-10-17-8-11-19(12-9-17)23-14-4-7-21(23)25/h1,3,5-6,8-13,15H,4,7,14H2,(H,22,24). The zero-order valence-electron chi connectivity index (χ0n) is 13.7. The predicted molar refractivity (Wildman–Crippen MR) is 100 cm³/mol. The van der Waals surface area contributed by atoms with E-state index in [-0.39, 0.29) is 11.8 Å². The number of nitrogens with zero attached hydrogens (tertiary/aromatic N) is 1. The Morgan fingerprint density at radius 3 is 2.68 bits per heavy atom. The minimum absolute atomic E-state index is 0.164. The molecule has 2 amide bonds. The molecule has 0 aliphatic carbocycles. The molecule has 1 saturated heterocycles. The van der Waals surface area contributed by atoms with E-state index < -0.39 is 0 Å². The van der Waals surface area contributed by atoms with Gasteiger partial charge in [-0.05, 0) is 48.4 Å². The zero-order valence-corrected chi connectivity index (χ0v) is 13.7. The van der Waals surface area contributed by atoms with Crippen LogP contribution in [0.2, 0.25) is 0 Å². The van der Waals surface area contributed by atoms with E-state index in [1.54, 1.807) is 35.2 Å². The van der Waals surface area contributed by atoms with Crippen molar-refractivity contribution >= 4 is 29.3 Å². The second-order valence-electron chi connectivity index (χ2n) is 5.79. The van der Waals surface area contributed by atoms with Crippen LogP contribution < -0.4 is 10.2 Å². The Morgan fingerprint density at radius 2 is 2.00 bits per heavy atom. The minimum atomic E-state index is -0.229. The molecule has 1 heterocycles. The molecule has 1 aliphatic heterocycles. The van der Waals surface area contributed by atoms with E-state index in [1.807, 2.05) is 24.3 Å². The van der Waals surface area contributed by atoms with Crippen molar-refractivity contribution in [3.05, 3.63) is 65.7 Å². The summed E-state index contributed by atoms with van der Waals surface area (Å²) in [5.74, 6) is 2.47. The largest absolute Gasteiger partial charge is 0.322 e. The number of carbonyl (C=O) groups excluding carboxylic acids is 2. The van der Waals surface area contributed by atoms with Gasteiger partial charge in [0, 0.05) is 36.0 Å². The molecule has 0 radical (unpaired) electrons. The van der Waals surface area contributed by atoms with Gasteiger partial charge in [0.15, 0.2) is 0 Å². The molecule has 2 aromatic rings. The van der Waals surface area contributed by atoms with Crippen molar-refractivity contribution in [2.75, 3.05) is 16.8 Å². The van der Waals surface area contributed by atoms with Gasteiger partial charge in [-0.15, -0.1) is 6.42 Å². The molecule has 25 heavy (non-hydrogen) atoms. The fourth-order valence-corrected chi connectivity index (χ4v) is 2.73. The van der Waals surface area contributed by atoms with E-state index in [4.69, 9.17) is 6.42 Å². The lowest BCUT2D eigenvalue weighted by Gasteiger charge is -2.15. The molecule has 0 saturated carbocycles. The highest BCUT2D eigenvalue weighted by molar-refractivity contribution is 6.02. The maximum atomic E-state index is 12.0. The number of amides is 2. The average Bonchev–Trinajstić information content (AvgIpc) is 3.06. The second-order valence-corrected chi connectivity index (χ2v) is 5.79. The SMILES string of the molecule is C#Cc1cccc(NC(=O)C=Cc2ccc(N3CCCC3=O)cc2)c1. The van der Waals surface area contributed by atoms with Gasteiger partial charge in [0.2, 0.25) is 11.8 Å². The Kier molecular flexibility index (Phi) is 4.96. The number of hydrogen-bond donors (Lipinski definition) is 1. The maximum Gasteiger partial charge on any atom is 0.248 e. The number of anilines is 2. The number of nitrogens with one attached hydrogen (secondary N) is 1. The quantitative estimate of drug-likeness (QED) is 0.689. The van der Waals surface area contributed by atoms with E-state index in [2.05, 4.69) is 11.2 Å². The van der Waals surface area contributed by atoms with Gasteiger partial charge in [0.05, 0.1) is 0 Å². The highest BCUT2D eigenvalue weighted by Gasteiger charge is 2.21. The number of terminal acetylenes is 1. The summed E-state index contributed by atoms with van der Waals surface area (Å²) in [6.07, 6.45) is 10.1. The summed E-state index contributed by atoms with van der Waals surface area (Å²) < 4.78 is 0. The van der Waals surface area contributed by atoms with Gasteiger partial charge in [0.1, 0.15) is 0 Å². The fraction of sp³-hybridized carbons (Fsp3) is 0.143. The summed E-state index contributed by atoms with van der Waals surface area (Å²) in [5.41, 5.74) is 3.17. The minimum Gasteiger partial charge on any atom is -0.322 e. The average molecular weight is 330 g/mol. The van der Waals surface area contributed by atoms with Crippen LogP contribution >= 0.6 is 0 Å². The highest BCUT2D eigenvalue weighted by Crippen LogP contribution is 2.22. The monoisotopic (exact) mass is 330 g/mol. The van der Waals surface area contributed by atoms with Crippen LogP contribution in [0.15, 0.2) is 54.6 Å². The van der Waals surface area contributed by atoms with Crippen molar-refractivity contribution in [2.45, 2.75) is 12.8 Å². The Balaban J connectivity index is 1.62. The van der Waals surface area contributed by atoms with Gasteiger partial charge in [-0.1, -0.05) is 24.1 Å². The van der Waals surface area contributed by atoms with E-state index >= 15 is 0 Å². The Hall–Kier alpha value is -3.32.